The molecule has 12 rings (SSSR count). The maximum atomic E-state index is 2.51. The smallest absolute Gasteiger partial charge is 0.0138 e. The van der Waals surface area contributed by atoms with Gasteiger partial charge in [0.2, 0.25) is 0 Å². The van der Waals surface area contributed by atoms with E-state index in [1.807, 2.05) is 0 Å². The van der Waals surface area contributed by atoms with Crippen LogP contribution in [0.3, 0.4) is 0 Å². The maximum absolute atomic E-state index is 2.51. The third-order valence-corrected chi connectivity index (χ3v) is 13.5. The Hall–Kier alpha value is -7.54. The standard InChI is InChI=1S/C62H44/c1-4-18-41(19-5-1)44-32-33-46-37-47(35-34-45(46)36-44)59-51-24-10-14-28-55(51)61(56-29-15-11-25-52(56)59)62-57-30-16-12-26-53(57)60(54-27-13-17-31-58(54)62)50-39-48(42-20-6-2-7-21-42)38-49(40-50)43-22-8-3-9-23-43/h1-40,45-46,53,57H. The number of hydrogen-bond acceptors (Lipinski definition) is 0. The van der Waals surface area contributed by atoms with Gasteiger partial charge in [-0.15, -0.1) is 0 Å². The summed E-state index contributed by atoms with van der Waals surface area (Å²) in [6, 6.07) is 67.2. The van der Waals surface area contributed by atoms with Gasteiger partial charge in [-0.3, -0.25) is 0 Å². The van der Waals surface area contributed by atoms with Crippen molar-refractivity contribution < 1.29 is 0 Å². The molecule has 0 saturated heterocycles. The summed E-state index contributed by atoms with van der Waals surface area (Å²) in [4.78, 5) is 0. The first-order chi connectivity index (χ1) is 30.8. The molecule has 0 radical (unpaired) electrons. The zero-order valence-electron chi connectivity index (χ0n) is 34.4. The Labute approximate surface area is 363 Å². The normalized spacial score (nSPS) is 19.8. The maximum Gasteiger partial charge on any atom is 0.0138 e. The average Bonchev–Trinajstić information content (AvgIpc) is 3.35. The van der Waals surface area contributed by atoms with Gasteiger partial charge in [-0.05, 0) is 117 Å². The van der Waals surface area contributed by atoms with E-state index in [0.717, 1.165) is 0 Å². The van der Waals surface area contributed by atoms with Crippen LogP contribution in [0.25, 0.3) is 66.1 Å². The summed E-state index contributed by atoms with van der Waals surface area (Å²) in [6.07, 6.45) is 23.9. The molecule has 0 N–H and O–H groups in total. The monoisotopic (exact) mass is 788 g/mol. The second-order valence-corrected chi connectivity index (χ2v) is 17.0. The van der Waals surface area contributed by atoms with Crippen molar-refractivity contribution in [1.82, 2.24) is 0 Å². The van der Waals surface area contributed by atoms with Gasteiger partial charge in [0.15, 0.2) is 0 Å². The number of allylic oxidation sites excluding steroid dienone is 12. The van der Waals surface area contributed by atoms with Gasteiger partial charge in [0, 0.05) is 23.7 Å². The lowest BCUT2D eigenvalue weighted by molar-refractivity contribution is 0.665. The lowest BCUT2D eigenvalue weighted by Crippen LogP contribution is -2.40. The van der Waals surface area contributed by atoms with Crippen LogP contribution in [-0.4, -0.2) is 0 Å². The average molecular weight is 789 g/mol. The summed E-state index contributed by atoms with van der Waals surface area (Å²) >= 11 is 0. The van der Waals surface area contributed by atoms with Crippen LogP contribution in [0.5, 0.6) is 0 Å². The Bertz CT molecular complexity index is 3270. The van der Waals surface area contributed by atoms with Crippen LogP contribution in [0.15, 0.2) is 243 Å². The van der Waals surface area contributed by atoms with Crippen molar-refractivity contribution in [3.8, 4) is 22.3 Å². The highest BCUT2D eigenvalue weighted by Crippen LogP contribution is 2.48. The summed E-state index contributed by atoms with van der Waals surface area (Å²) < 4.78 is 0. The molecule has 4 atom stereocenters. The van der Waals surface area contributed by atoms with E-state index in [-0.39, 0.29) is 11.8 Å². The lowest BCUT2D eigenvalue weighted by atomic mass is 9.68. The van der Waals surface area contributed by atoms with E-state index in [4.69, 9.17) is 0 Å². The number of rotatable bonds is 6. The Morgan fingerprint density at radius 3 is 1.24 bits per heavy atom. The summed E-state index contributed by atoms with van der Waals surface area (Å²) in [6.45, 7) is 0. The van der Waals surface area contributed by atoms with Gasteiger partial charge in [-0.25, -0.2) is 0 Å². The Morgan fingerprint density at radius 1 is 0.290 bits per heavy atom. The van der Waals surface area contributed by atoms with Gasteiger partial charge in [-0.2, -0.15) is 0 Å². The molecular weight excluding hydrogens is 745 g/mol. The van der Waals surface area contributed by atoms with Crippen molar-refractivity contribution in [3.05, 3.63) is 275 Å². The fourth-order valence-electron chi connectivity index (χ4n) is 10.8. The van der Waals surface area contributed by atoms with Crippen molar-refractivity contribution in [1.29, 1.82) is 0 Å². The van der Waals surface area contributed by atoms with Crippen LogP contribution in [0.1, 0.15) is 22.3 Å². The molecule has 0 aromatic heterocycles. The van der Waals surface area contributed by atoms with Gasteiger partial charge in [-0.1, -0.05) is 225 Å². The molecule has 0 amide bonds. The second kappa shape index (κ2) is 15.2. The van der Waals surface area contributed by atoms with Crippen LogP contribution in [-0.2, 0) is 0 Å². The van der Waals surface area contributed by atoms with E-state index in [1.165, 1.54) is 98.8 Å². The van der Waals surface area contributed by atoms with E-state index in [0.29, 0.717) is 11.8 Å². The fraction of sp³-hybridized carbons (Fsp3) is 0.0645. The van der Waals surface area contributed by atoms with E-state index in [9.17, 15) is 0 Å². The molecule has 0 fully saturated rings. The Balaban J connectivity index is 1.10. The van der Waals surface area contributed by atoms with E-state index in [1.54, 1.807) is 0 Å². The summed E-state index contributed by atoms with van der Waals surface area (Å²) in [5, 5.41) is 7.81. The molecule has 292 valence electrons. The summed E-state index contributed by atoms with van der Waals surface area (Å²) in [5.74, 6) is 0.909. The highest BCUT2D eigenvalue weighted by atomic mass is 14.4. The molecule has 0 nitrogen and oxygen atoms in total. The van der Waals surface area contributed by atoms with Gasteiger partial charge in [0.05, 0.1) is 0 Å². The molecule has 4 unspecified atom stereocenters. The zero-order valence-corrected chi connectivity index (χ0v) is 34.4. The van der Waals surface area contributed by atoms with Crippen molar-refractivity contribution in [3.63, 3.8) is 0 Å². The van der Waals surface area contributed by atoms with Gasteiger partial charge in [0.1, 0.15) is 0 Å². The molecule has 62 heavy (non-hydrogen) atoms. The van der Waals surface area contributed by atoms with Crippen molar-refractivity contribution in [2.45, 2.75) is 0 Å². The topological polar surface area (TPSA) is 0 Å². The lowest BCUT2D eigenvalue weighted by Gasteiger charge is -2.35. The highest BCUT2D eigenvalue weighted by Gasteiger charge is 2.34. The Kier molecular flexibility index (Phi) is 8.89. The molecule has 4 aliphatic rings. The van der Waals surface area contributed by atoms with Crippen LogP contribution in [0, 0.1) is 23.7 Å². The molecular formula is C62H44. The SMILES string of the molecule is C1=CC2C(c3cc(-c4ccccc4)cc(-c4ccccc4)c3)=c3ccccc3=C(c3c4ccccc4c(C4=CC5C=CC(c6ccccc6)=CC5C=C4)c4ccccc34)C2C=C1. The number of hydrogen-bond donors (Lipinski definition) is 0. The largest absolute Gasteiger partial charge is 0.0761 e. The molecule has 0 aliphatic heterocycles. The highest BCUT2D eigenvalue weighted by molar-refractivity contribution is 6.17. The minimum absolute atomic E-state index is 0.135. The first-order valence-electron chi connectivity index (χ1n) is 22.0. The molecule has 0 bridgehead atoms. The molecule has 8 aromatic rings. The third-order valence-electron chi connectivity index (χ3n) is 13.5. The van der Waals surface area contributed by atoms with Gasteiger partial charge < -0.3 is 0 Å². The predicted molar refractivity (Wildman–Crippen MR) is 262 cm³/mol. The van der Waals surface area contributed by atoms with Gasteiger partial charge in [0.25, 0.3) is 0 Å². The fourth-order valence-corrected chi connectivity index (χ4v) is 10.8. The van der Waals surface area contributed by atoms with E-state index < -0.39 is 0 Å². The molecule has 8 aromatic carbocycles. The van der Waals surface area contributed by atoms with Crippen LogP contribution >= 0.6 is 0 Å². The third kappa shape index (κ3) is 6.14. The van der Waals surface area contributed by atoms with Crippen LogP contribution < -0.4 is 10.4 Å². The first-order valence-corrected chi connectivity index (χ1v) is 22.0. The second-order valence-electron chi connectivity index (χ2n) is 17.0. The summed E-state index contributed by atoms with van der Waals surface area (Å²) in [7, 11) is 0. The van der Waals surface area contributed by atoms with Crippen molar-refractivity contribution >= 4 is 43.8 Å². The molecule has 0 spiro atoms. The van der Waals surface area contributed by atoms with Crippen molar-refractivity contribution in [2.24, 2.45) is 23.7 Å². The molecule has 4 aliphatic carbocycles. The minimum atomic E-state index is 0.135. The number of benzene rings is 8. The molecule has 0 heterocycles. The predicted octanol–water partition coefficient (Wildman–Crippen LogP) is 13.9. The quantitative estimate of drug-likeness (QED) is 0.147. The summed E-state index contributed by atoms with van der Waals surface area (Å²) in [5.41, 5.74) is 15.5. The molecule has 0 heteroatoms. The van der Waals surface area contributed by atoms with Gasteiger partial charge >= 0.3 is 0 Å². The zero-order chi connectivity index (χ0) is 41.0. The Morgan fingerprint density at radius 2 is 0.694 bits per heavy atom. The van der Waals surface area contributed by atoms with E-state index >= 15 is 0 Å². The number of fused-ring (bicyclic) bond motifs is 5. The van der Waals surface area contributed by atoms with E-state index in [2.05, 4.69) is 243 Å². The minimum Gasteiger partial charge on any atom is -0.0761 e. The van der Waals surface area contributed by atoms with Crippen molar-refractivity contribution in [2.75, 3.05) is 0 Å². The molecule has 0 saturated carbocycles. The first kappa shape index (κ1) is 36.3. The van der Waals surface area contributed by atoms with Crippen LogP contribution in [0.2, 0.25) is 0 Å². The van der Waals surface area contributed by atoms with Crippen LogP contribution in [0.4, 0.5) is 0 Å².